The number of primary amides is 1. The average molecular weight is 251 g/mol. The van der Waals surface area contributed by atoms with Crippen LogP contribution in [0.5, 0.6) is 0 Å². The Kier molecular flexibility index (Phi) is 4.67. The second kappa shape index (κ2) is 6.02. The van der Waals surface area contributed by atoms with E-state index in [4.69, 9.17) is 10.8 Å². The largest absolute Gasteiger partial charge is 0.381 e. The van der Waals surface area contributed by atoms with Crippen LogP contribution in [0, 0.1) is 0 Å². The standard InChI is InChI=1S/C12H17N3O3/c1-15(2)9-5-3-4-8(6-9)12(18)14-7-10(16)11(13)17/h3-6,10,16H,7H2,1-2H3,(H2,13,17)(H,14,18). The third-order valence-corrected chi connectivity index (χ3v) is 2.41. The van der Waals surface area contributed by atoms with Crippen LogP contribution in [-0.2, 0) is 4.79 Å². The van der Waals surface area contributed by atoms with Gasteiger partial charge in [0, 0.05) is 25.3 Å². The van der Waals surface area contributed by atoms with Crippen molar-refractivity contribution in [3.8, 4) is 0 Å². The summed E-state index contributed by atoms with van der Waals surface area (Å²) in [4.78, 5) is 24.2. The van der Waals surface area contributed by atoms with Crippen molar-refractivity contribution < 1.29 is 14.7 Å². The molecule has 0 saturated heterocycles. The number of aliphatic hydroxyl groups excluding tert-OH is 1. The molecule has 0 radical (unpaired) electrons. The summed E-state index contributed by atoms with van der Waals surface area (Å²) in [7, 11) is 3.74. The number of carbonyl (C=O) groups excluding carboxylic acids is 2. The highest BCUT2D eigenvalue weighted by Crippen LogP contribution is 2.13. The number of nitrogens with one attached hydrogen (secondary N) is 1. The van der Waals surface area contributed by atoms with Crippen molar-refractivity contribution in [2.24, 2.45) is 5.73 Å². The number of amides is 2. The molecule has 6 nitrogen and oxygen atoms in total. The molecule has 0 saturated carbocycles. The van der Waals surface area contributed by atoms with Gasteiger partial charge in [-0.2, -0.15) is 0 Å². The molecule has 4 N–H and O–H groups in total. The fourth-order valence-electron chi connectivity index (χ4n) is 1.32. The van der Waals surface area contributed by atoms with Crippen LogP contribution in [0.15, 0.2) is 24.3 Å². The van der Waals surface area contributed by atoms with Crippen LogP contribution < -0.4 is 16.0 Å². The lowest BCUT2D eigenvalue weighted by Gasteiger charge is -2.14. The Labute approximate surface area is 105 Å². The summed E-state index contributed by atoms with van der Waals surface area (Å²) in [6.45, 7) is -0.194. The van der Waals surface area contributed by atoms with Gasteiger partial charge in [-0.1, -0.05) is 6.07 Å². The van der Waals surface area contributed by atoms with Gasteiger partial charge in [-0.3, -0.25) is 9.59 Å². The Morgan fingerprint density at radius 2 is 2.11 bits per heavy atom. The average Bonchev–Trinajstić information content (AvgIpc) is 2.35. The lowest BCUT2D eigenvalue weighted by Crippen LogP contribution is -2.40. The molecule has 0 heterocycles. The molecular formula is C12H17N3O3. The van der Waals surface area contributed by atoms with Crippen molar-refractivity contribution >= 4 is 17.5 Å². The monoisotopic (exact) mass is 251 g/mol. The maximum absolute atomic E-state index is 11.8. The van der Waals surface area contributed by atoms with Gasteiger partial charge in [0.2, 0.25) is 5.91 Å². The van der Waals surface area contributed by atoms with E-state index in [0.29, 0.717) is 5.56 Å². The van der Waals surface area contributed by atoms with E-state index in [9.17, 15) is 9.59 Å². The van der Waals surface area contributed by atoms with Gasteiger partial charge in [0.25, 0.3) is 5.91 Å². The molecule has 1 unspecified atom stereocenters. The highest BCUT2D eigenvalue weighted by molar-refractivity contribution is 5.95. The number of carbonyl (C=O) groups is 2. The zero-order valence-corrected chi connectivity index (χ0v) is 10.4. The molecule has 6 heteroatoms. The van der Waals surface area contributed by atoms with Gasteiger partial charge in [0.15, 0.2) is 0 Å². The van der Waals surface area contributed by atoms with Crippen LogP contribution in [0.1, 0.15) is 10.4 Å². The normalized spacial score (nSPS) is 11.7. The number of hydrogen-bond acceptors (Lipinski definition) is 4. The smallest absolute Gasteiger partial charge is 0.251 e. The minimum absolute atomic E-state index is 0.194. The Morgan fingerprint density at radius 3 is 2.67 bits per heavy atom. The van der Waals surface area contributed by atoms with E-state index >= 15 is 0 Å². The highest BCUT2D eigenvalue weighted by Gasteiger charge is 2.13. The van der Waals surface area contributed by atoms with Gasteiger partial charge in [-0.15, -0.1) is 0 Å². The summed E-state index contributed by atoms with van der Waals surface area (Å²) < 4.78 is 0. The van der Waals surface area contributed by atoms with Crippen molar-refractivity contribution in [2.45, 2.75) is 6.10 Å². The Balaban J connectivity index is 2.67. The molecule has 0 spiro atoms. The number of aliphatic hydroxyl groups is 1. The van der Waals surface area contributed by atoms with E-state index in [1.807, 2.05) is 25.1 Å². The third-order valence-electron chi connectivity index (χ3n) is 2.41. The van der Waals surface area contributed by atoms with Gasteiger partial charge >= 0.3 is 0 Å². The van der Waals surface area contributed by atoms with Crippen molar-refractivity contribution in [1.29, 1.82) is 0 Å². The minimum Gasteiger partial charge on any atom is -0.381 e. The van der Waals surface area contributed by atoms with Crippen LogP contribution in [0.2, 0.25) is 0 Å². The second-order valence-electron chi connectivity index (χ2n) is 4.07. The SMILES string of the molecule is CN(C)c1cccc(C(=O)NCC(O)C(N)=O)c1. The molecule has 0 aliphatic heterocycles. The van der Waals surface area contributed by atoms with Crippen LogP contribution in [0.3, 0.4) is 0 Å². The maximum atomic E-state index is 11.8. The quantitative estimate of drug-likeness (QED) is 0.646. The molecule has 1 rings (SSSR count). The number of rotatable bonds is 5. The molecule has 0 aliphatic carbocycles. The highest BCUT2D eigenvalue weighted by atomic mass is 16.3. The summed E-state index contributed by atoms with van der Waals surface area (Å²) in [6.07, 6.45) is -1.37. The van der Waals surface area contributed by atoms with Crippen LogP contribution in [-0.4, -0.2) is 43.7 Å². The first-order valence-corrected chi connectivity index (χ1v) is 5.45. The lowest BCUT2D eigenvalue weighted by atomic mass is 10.1. The van der Waals surface area contributed by atoms with Gasteiger partial charge in [0.1, 0.15) is 6.10 Å². The fourth-order valence-corrected chi connectivity index (χ4v) is 1.32. The summed E-state index contributed by atoms with van der Waals surface area (Å²) >= 11 is 0. The molecule has 0 bridgehead atoms. The molecule has 0 aromatic heterocycles. The van der Waals surface area contributed by atoms with E-state index in [1.54, 1.807) is 18.2 Å². The number of anilines is 1. The summed E-state index contributed by atoms with van der Waals surface area (Å²) in [5.41, 5.74) is 6.22. The summed E-state index contributed by atoms with van der Waals surface area (Å²) in [6, 6.07) is 6.99. The first-order valence-electron chi connectivity index (χ1n) is 5.45. The number of nitrogens with zero attached hydrogens (tertiary/aromatic N) is 1. The molecule has 0 fully saturated rings. The zero-order valence-electron chi connectivity index (χ0n) is 10.4. The lowest BCUT2D eigenvalue weighted by molar-refractivity contribution is -0.125. The maximum Gasteiger partial charge on any atom is 0.251 e. The third kappa shape index (κ3) is 3.74. The predicted molar refractivity (Wildman–Crippen MR) is 68.3 cm³/mol. The first kappa shape index (κ1) is 14.0. The van der Waals surface area contributed by atoms with Crippen molar-refractivity contribution in [3.05, 3.63) is 29.8 Å². The number of hydrogen-bond donors (Lipinski definition) is 3. The topological polar surface area (TPSA) is 95.7 Å². The predicted octanol–water partition coefficient (Wildman–Crippen LogP) is -0.671. The van der Waals surface area contributed by atoms with E-state index < -0.39 is 12.0 Å². The van der Waals surface area contributed by atoms with E-state index in [0.717, 1.165) is 5.69 Å². The second-order valence-corrected chi connectivity index (χ2v) is 4.07. The Hall–Kier alpha value is -2.08. The fraction of sp³-hybridized carbons (Fsp3) is 0.333. The van der Waals surface area contributed by atoms with Crippen molar-refractivity contribution in [2.75, 3.05) is 25.5 Å². The minimum atomic E-state index is -1.37. The summed E-state index contributed by atoms with van der Waals surface area (Å²) in [5.74, 6) is -1.23. The summed E-state index contributed by atoms with van der Waals surface area (Å²) in [5, 5.41) is 11.6. The van der Waals surface area contributed by atoms with E-state index in [1.165, 1.54) is 0 Å². The van der Waals surface area contributed by atoms with Crippen LogP contribution in [0.25, 0.3) is 0 Å². The molecule has 1 aromatic carbocycles. The Morgan fingerprint density at radius 1 is 1.44 bits per heavy atom. The molecule has 1 atom stereocenters. The Bertz CT molecular complexity index is 446. The van der Waals surface area contributed by atoms with Gasteiger partial charge in [-0.05, 0) is 18.2 Å². The van der Waals surface area contributed by atoms with Crippen LogP contribution in [0.4, 0.5) is 5.69 Å². The van der Waals surface area contributed by atoms with Crippen molar-refractivity contribution in [3.63, 3.8) is 0 Å². The van der Waals surface area contributed by atoms with Gasteiger partial charge < -0.3 is 21.1 Å². The first-order chi connectivity index (χ1) is 8.41. The van der Waals surface area contributed by atoms with Gasteiger partial charge in [-0.25, -0.2) is 0 Å². The van der Waals surface area contributed by atoms with Crippen molar-refractivity contribution in [1.82, 2.24) is 5.32 Å². The molecular weight excluding hydrogens is 234 g/mol. The van der Waals surface area contributed by atoms with Gasteiger partial charge in [0.05, 0.1) is 6.54 Å². The zero-order chi connectivity index (χ0) is 13.7. The number of nitrogens with two attached hydrogens (primary N) is 1. The molecule has 18 heavy (non-hydrogen) atoms. The number of benzene rings is 1. The molecule has 98 valence electrons. The molecule has 1 aromatic rings. The molecule has 0 aliphatic rings. The molecule has 2 amide bonds. The van der Waals surface area contributed by atoms with E-state index in [-0.39, 0.29) is 12.5 Å². The van der Waals surface area contributed by atoms with E-state index in [2.05, 4.69) is 5.32 Å². The van der Waals surface area contributed by atoms with Crippen LogP contribution >= 0.6 is 0 Å².